The maximum atomic E-state index is 12.5. The quantitative estimate of drug-likeness (QED) is 0.657. The molecule has 1 fully saturated rings. The summed E-state index contributed by atoms with van der Waals surface area (Å²) in [4.78, 5) is 13.2. The van der Waals surface area contributed by atoms with Gasteiger partial charge in [0.1, 0.15) is 0 Å². The predicted octanol–water partition coefficient (Wildman–Crippen LogP) is 3.05. The summed E-state index contributed by atoms with van der Waals surface area (Å²) < 4.78 is 27.5. The van der Waals surface area contributed by atoms with E-state index >= 15 is 0 Å². The lowest BCUT2D eigenvalue weighted by atomic mass is 10.2. The largest absolute Gasteiger partial charge is 0.368 e. The highest BCUT2D eigenvalue weighted by molar-refractivity contribution is 7.91. The smallest absolute Gasteiger partial charge is 0.237 e. The van der Waals surface area contributed by atoms with Crippen LogP contribution < -0.4 is 14.5 Å². The van der Waals surface area contributed by atoms with Crippen molar-refractivity contribution in [1.29, 1.82) is 0 Å². The maximum Gasteiger partial charge on any atom is 0.237 e. The second kappa shape index (κ2) is 8.71. The SMILES string of the molecule is Cc1cccc(CS(=O)(=O)Nc2cnc(N3CCN(c4ccccc4)CC3)nc2)c1. The highest BCUT2D eigenvalue weighted by atomic mass is 32.2. The van der Waals surface area contributed by atoms with Gasteiger partial charge in [-0.3, -0.25) is 4.72 Å². The summed E-state index contributed by atoms with van der Waals surface area (Å²) in [6.07, 6.45) is 3.05. The van der Waals surface area contributed by atoms with E-state index in [0.29, 0.717) is 11.6 Å². The van der Waals surface area contributed by atoms with Crippen molar-refractivity contribution in [2.24, 2.45) is 0 Å². The molecule has 2 aromatic carbocycles. The number of piperazine rings is 1. The first kappa shape index (κ1) is 20.2. The second-order valence-corrected chi connectivity index (χ2v) is 9.15. The molecule has 30 heavy (non-hydrogen) atoms. The molecule has 1 aromatic heterocycles. The van der Waals surface area contributed by atoms with Crippen LogP contribution in [0.1, 0.15) is 11.1 Å². The fraction of sp³-hybridized carbons (Fsp3) is 0.273. The Labute approximate surface area is 177 Å². The number of aromatic nitrogens is 2. The molecule has 0 unspecified atom stereocenters. The van der Waals surface area contributed by atoms with Crippen LogP contribution >= 0.6 is 0 Å². The fourth-order valence-corrected chi connectivity index (χ4v) is 4.73. The standard InChI is InChI=1S/C22H25N5O2S/c1-18-6-5-7-19(14-18)17-30(28,29)25-20-15-23-22(24-16-20)27-12-10-26(11-13-27)21-8-3-2-4-9-21/h2-9,14-16,25H,10-13,17H2,1H3. The Morgan fingerprint density at radius 2 is 1.57 bits per heavy atom. The van der Waals surface area contributed by atoms with Gasteiger partial charge in [-0.05, 0) is 24.6 Å². The summed E-state index contributed by atoms with van der Waals surface area (Å²) in [7, 11) is -3.53. The average molecular weight is 424 g/mol. The van der Waals surface area contributed by atoms with Crippen LogP contribution in [0.2, 0.25) is 0 Å². The van der Waals surface area contributed by atoms with Gasteiger partial charge in [-0.1, -0.05) is 48.0 Å². The molecule has 3 aromatic rings. The third-order valence-electron chi connectivity index (χ3n) is 5.03. The van der Waals surface area contributed by atoms with E-state index in [1.165, 1.54) is 18.1 Å². The molecule has 0 amide bonds. The second-order valence-electron chi connectivity index (χ2n) is 7.43. The van der Waals surface area contributed by atoms with Crippen LogP contribution in [0.5, 0.6) is 0 Å². The van der Waals surface area contributed by atoms with Crippen molar-refractivity contribution in [2.75, 3.05) is 40.7 Å². The Hall–Kier alpha value is -3.13. The molecular weight excluding hydrogens is 398 g/mol. The minimum atomic E-state index is -3.53. The summed E-state index contributed by atoms with van der Waals surface area (Å²) >= 11 is 0. The van der Waals surface area contributed by atoms with E-state index in [2.05, 4.69) is 36.6 Å². The van der Waals surface area contributed by atoms with Crippen LogP contribution in [0, 0.1) is 6.92 Å². The van der Waals surface area contributed by atoms with Gasteiger partial charge in [-0.15, -0.1) is 0 Å². The van der Waals surface area contributed by atoms with E-state index in [1.807, 2.05) is 43.3 Å². The van der Waals surface area contributed by atoms with Gasteiger partial charge in [-0.2, -0.15) is 0 Å². The summed E-state index contributed by atoms with van der Waals surface area (Å²) in [5, 5.41) is 0. The van der Waals surface area contributed by atoms with E-state index in [4.69, 9.17) is 0 Å². The Bertz CT molecular complexity index is 1080. The van der Waals surface area contributed by atoms with Crippen molar-refractivity contribution in [3.05, 3.63) is 78.1 Å². The van der Waals surface area contributed by atoms with Crippen molar-refractivity contribution in [2.45, 2.75) is 12.7 Å². The molecule has 0 spiro atoms. The Morgan fingerprint density at radius 3 is 2.23 bits per heavy atom. The molecule has 0 aliphatic carbocycles. The Morgan fingerprint density at radius 1 is 0.900 bits per heavy atom. The van der Waals surface area contributed by atoms with Gasteiger partial charge >= 0.3 is 0 Å². The van der Waals surface area contributed by atoms with Gasteiger partial charge in [0.25, 0.3) is 0 Å². The van der Waals surface area contributed by atoms with Crippen molar-refractivity contribution in [1.82, 2.24) is 9.97 Å². The molecule has 8 heteroatoms. The molecule has 0 atom stereocenters. The summed E-state index contributed by atoms with van der Waals surface area (Å²) in [6.45, 7) is 5.34. The number of rotatable bonds is 6. The third-order valence-corrected chi connectivity index (χ3v) is 6.29. The lowest BCUT2D eigenvalue weighted by molar-refractivity contribution is 0.600. The molecule has 156 valence electrons. The number of aryl methyl sites for hydroxylation is 1. The Kier molecular flexibility index (Phi) is 5.85. The fourth-order valence-electron chi connectivity index (χ4n) is 3.58. The number of anilines is 3. The van der Waals surface area contributed by atoms with Crippen molar-refractivity contribution in [3.8, 4) is 0 Å². The summed E-state index contributed by atoms with van der Waals surface area (Å²) in [6, 6.07) is 17.8. The first-order valence-corrected chi connectivity index (χ1v) is 11.6. The highest BCUT2D eigenvalue weighted by Crippen LogP contribution is 2.19. The van der Waals surface area contributed by atoms with Gasteiger partial charge in [0.15, 0.2) is 0 Å². The van der Waals surface area contributed by atoms with Crippen LogP contribution in [-0.4, -0.2) is 44.6 Å². The molecular formula is C22H25N5O2S. The lowest BCUT2D eigenvalue weighted by Gasteiger charge is -2.36. The molecule has 1 aliphatic rings. The number of para-hydroxylation sites is 1. The normalized spacial score (nSPS) is 14.6. The molecule has 0 radical (unpaired) electrons. The van der Waals surface area contributed by atoms with E-state index < -0.39 is 10.0 Å². The Balaban J connectivity index is 1.35. The molecule has 2 heterocycles. The zero-order chi connectivity index (χ0) is 21.0. The predicted molar refractivity (Wildman–Crippen MR) is 120 cm³/mol. The van der Waals surface area contributed by atoms with Crippen LogP contribution in [0.3, 0.4) is 0 Å². The first-order valence-electron chi connectivity index (χ1n) is 9.91. The van der Waals surface area contributed by atoms with Gasteiger partial charge in [0.05, 0.1) is 23.8 Å². The number of nitrogens with one attached hydrogen (secondary N) is 1. The minimum Gasteiger partial charge on any atom is -0.368 e. The number of sulfonamides is 1. The van der Waals surface area contributed by atoms with E-state index in [9.17, 15) is 8.42 Å². The summed E-state index contributed by atoms with van der Waals surface area (Å²) in [5.41, 5.74) is 3.37. The van der Waals surface area contributed by atoms with Crippen LogP contribution in [-0.2, 0) is 15.8 Å². The third kappa shape index (κ3) is 5.07. The van der Waals surface area contributed by atoms with Gasteiger partial charge in [-0.25, -0.2) is 18.4 Å². The van der Waals surface area contributed by atoms with Crippen LogP contribution in [0.4, 0.5) is 17.3 Å². The zero-order valence-electron chi connectivity index (χ0n) is 16.9. The van der Waals surface area contributed by atoms with E-state index in [1.54, 1.807) is 6.07 Å². The average Bonchev–Trinajstić information content (AvgIpc) is 2.74. The molecule has 1 N–H and O–H groups in total. The van der Waals surface area contributed by atoms with Crippen molar-refractivity contribution >= 4 is 27.3 Å². The highest BCUT2D eigenvalue weighted by Gasteiger charge is 2.19. The number of hydrogen-bond acceptors (Lipinski definition) is 6. The van der Waals surface area contributed by atoms with Crippen molar-refractivity contribution < 1.29 is 8.42 Å². The van der Waals surface area contributed by atoms with Crippen LogP contribution in [0.15, 0.2) is 67.0 Å². The van der Waals surface area contributed by atoms with E-state index in [-0.39, 0.29) is 5.75 Å². The van der Waals surface area contributed by atoms with Crippen LogP contribution in [0.25, 0.3) is 0 Å². The van der Waals surface area contributed by atoms with Gasteiger partial charge in [0.2, 0.25) is 16.0 Å². The zero-order valence-corrected chi connectivity index (χ0v) is 17.7. The monoisotopic (exact) mass is 423 g/mol. The first-order chi connectivity index (χ1) is 14.5. The molecule has 0 bridgehead atoms. The molecule has 0 saturated carbocycles. The topological polar surface area (TPSA) is 78.4 Å². The molecule has 7 nitrogen and oxygen atoms in total. The molecule has 1 saturated heterocycles. The van der Waals surface area contributed by atoms with E-state index in [0.717, 1.165) is 37.3 Å². The molecule has 4 rings (SSSR count). The summed E-state index contributed by atoms with van der Waals surface area (Å²) in [5.74, 6) is 0.530. The maximum absolute atomic E-state index is 12.5. The van der Waals surface area contributed by atoms with Gasteiger partial charge < -0.3 is 9.80 Å². The van der Waals surface area contributed by atoms with Gasteiger partial charge in [0, 0.05) is 31.9 Å². The number of nitrogens with zero attached hydrogens (tertiary/aromatic N) is 4. The lowest BCUT2D eigenvalue weighted by Crippen LogP contribution is -2.47. The number of hydrogen-bond donors (Lipinski definition) is 1. The van der Waals surface area contributed by atoms with Crippen molar-refractivity contribution in [3.63, 3.8) is 0 Å². The number of benzene rings is 2. The minimum absolute atomic E-state index is 0.0854. The molecule has 1 aliphatic heterocycles.